The Kier molecular flexibility index (Phi) is 6.38. The normalized spacial score (nSPS) is 15.6. The second-order valence-electron chi connectivity index (χ2n) is 15.9. The van der Waals surface area contributed by atoms with Gasteiger partial charge in [0.2, 0.25) is 0 Å². The Bertz CT molecular complexity index is 3740. The van der Waals surface area contributed by atoms with Gasteiger partial charge in [-0.1, -0.05) is 97.1 Å². The van der Waals surface area contributed by atoms with Crippen LogP contribution in [0, 0.1) is 0 Å². The number of aromatic nitrogens is 2. The molecular weight excluding hydrogens is 773 g/mol. The molecule has 0 unspecified atom stereocenters. The molecule has 10 nitrogen and oxygen atoms in total. The van der Waals surface area contributed by atoms with Gasteiger partial charge in [0, 0.05) is 58.0 Å². The first-order valence-corrected chi connectivity index (χ1v) is 21.9. The monoisotopic (exact) mass is 802 g/mol. The molecule has 0 fully saturated rings. The summed E-state index contributed by atoms with van der Waals surface area (Å²) in [5.74, 6) is 3.41. The molecule has 0 saturated heterocycles. The van der Waals surface area contributed by atoms with Crippen LogP contribution in [0.25, 0.3) is 64.6 Å². The minimum atomic E-state index is -4.08. The van der Waals surface area contributed by atoms with Crippen molar-refractivity contribution in [2.45, 2.75) is 0 Å². The fourth-order valence-corrected chi connectivity index (χ4v) is 12.7. The highest BCUT2D eigenvalue weighted by atomic mass is 28.4. The maximum absolute atomic E-state index is 6.99. The Morgan fingerprint density at radius 1 is 0.344 bits per heavy atom. The first-order chi connectivity index (χ1) is 30.1. The average molecular weight is 803 g/mol. The molecule has 14 rings (SSSR count). The van der Waals surface area contributed by atoms with E-state index in [1.165, 1.54) is 0 Å². The quantitative estimate of drug-likeness (QED) is 0.163. The first kappa shape index (κ1) is 33.2. The van der Waals surface area contributed by atoms with Crippen LogP contribution in [0.3, 0.4) is 0 Å². The fourth-order valence-electron chi connectivity index (χ4n) is 9.83. The van der Waals surface area contributed by atoms with Crippen molar-refractivity contribution in [1.29, 1.82) is 0 Å². The number of aliphatic imine (C=N–C) groups is 4. The predicted molar refractivity (Wildman–Crippen MR) is 245 cm³/mol. The summed E-state index contributed by atoms with van der Waals surface area (Å²) in [6.45, 7) is 0. The smallest absolute Gasteiger partial charge is 0.364 e. The highest BCUT2D eigenvalue weighted by Gasteiger charge is 2.51. The van der Waals surface area contributed by atoms with Crippen molar-refractivity contribution in [1.82, 2.24) is 8.47 Å². The lowest BCUT2D eigenvalue weighted by atomic mass is 10.0. The van der Waals surface area contributed by atoms with Gasteiger partial charge in [-0.2, -0.15) is 0 Å². The van der Waals surface area contributed by atoms with Crippen molar-refractivity contribution < 1.29 is 8.85 Å². The maximum atomic E-state index is 6.99. The van der Waals surface area contributed by atoms with Crippen molar-refractivity contribution in [2.24, 2.45) is 30.0 Å². The molecule has 10 aromatic rings. The maximum Gasteiger partial charge on any atom is 0.602 e. The zero-order chi connectivity index (χ0) is 40.1. The van der Waals surface area contributed by atoms with Crippen molar-refractivity contribution in [3.8, 4) is 0 Å². The summed E-state index contributed by atoms with van der Waals surface area (Å²) >= 11 is 0. The van der Waals surface area contributed by atoms with Gasteiger partial charge in [-0.05, 0) is 91.6 Å². The largest absolute Gasteiger partial charge is 0.602 e. The fraction of sp³-hybridized carbons (Fsp3) is 0.0400. The van der Waals surface area contributed by atoms with Crippen molar-refractivity contribution >= 4 is 108 Å². The zero-order valence-electron chi connectivity index (χ0n) is 32.8. The van der Waals surface area contributed by atoms with E-state index in [1.807, 2.05) is 0 Å². The van der Waals surface area contributed by atoms with E-state index in [1.54, 1.807) is 14.2 Å². The van der Waals surface area contributed by atoms with Crippen molar-refractivity contribution in [3.05, 3.63) is 179 Å². The third kappa shape index (κ3) is 4.35. The minimum Gasteiger partial charge on any atom is -0.364 e. The molecule has 6 bridgehead atoms. The molecular formula is C50H30N8O2Si. The summed E-state index contributed by atoms with van der Waals surface area (Å²) in [7, 11) is -0.671. The van der Waals surface area contributed by atoms with Crippen LogP contribution in [0.4, 0.5) is 11.6 Å². The molecule has 0 amide bonds. The van der Waals surface area contributed by atoms with Gasteiger partial charge in [-0.15, -0.1) is 0 Å². The summed E-state index contributed by atoms with van der Waals surface area (Å²) in [6.07, 6.45) is 0. The van der Waals surface area contributed by atoms with Crippen LogP contribution in [0.15, 0.2) is 176 Å². The molecule has 0 radical (unpaired) electrons. The molecule has 0 atom stereocenters. The third-order valence-electron chi connectivity index (χ3n) is 12.7. The van der Waals surface area contributed by atoms with E-state index in [9.17, 15) is 0 Å². The highest BCUT2D eigenvalue weighted by Crippen LogP contribution is 2.45. The molecule has 0 spiro atoms. The van der Waals surface area contributed by atoms with E-state index in [4.69, 9.17) is 38.8 Å². The lowest BCUT2D eigenvalue weighted by Gasteiger charge is -2.30. The number of amidine groups is 4. The van der Waals surface area contributed by atoms with Crippen LogP contribution in [-0.2, 0) is 8.85 Å². The summed E-state index contributed by atoms with van der Waals surface area (Å²) < 4.78 is 18.2. The van der Waals surface area contributed by atoms with Gasteiger partial charge >= 0.3 is 8.88 Å². The molecule has 0 aliphatic carbocycles. The Morgan fingerprint density at radius 3 is 0.967 bits per heavy atom. The van der Waals surface area contributed by atoms with E-state index >= 15 is 0 Å². The van der Waals surface area contributed by atoms with Gasteiger partial charge in [-0.25, -0.2) is 30.0 Å². The molecule has 4 aliphatic rings. The lowest BCUT2D eigenvalue weighted by Crippen LogP contribution is -2.62. The molecule has 4 aliphatic heterocycles. The van der Waals surface area contributed by atoms with E-state index in [0.29, 0.717) is 46.0 Å². The van der Waals surface area contributed by atoms with E-state index in [-0.39, 0.29) is 0 Å². The van der Waals surface area contributed by atoms with Gasteiger partial charge in [0.05, 0.1) is 0 Å². The predicted octanol–water partition coefficient (Wildman–Crippen LogP) is 9.28. The van der Waals surface area contributed by atoms with E-state index in [0.717, 1.165) is 86.9 Å². The molecule has 61 heavy (non-hydrogen) atoms. The highest BCUT2D eigenvalue weighted by molar-refractivity contribution is 6.66. The van der Waals surface area contributed by atoms with Gasteiger partial charge in [0.15, 0.2) is 23.3 Å². The molecule has 0 N–H and O–H groups in total. The van der Waals surface area contributed by atoms with Crippen LogP contribution in [0.1, 0.15) is 22.3 Å². The van der Waals surface area contributed by atoms with Gasteiger partial charge in [0.1, 0.15) is 22.6 Å². The van der Waals surface area contributed by atoms with Gasteiger partial charge in [-0.3, -0.25) is 8.47 Å². The van der Waals surface area contributed by atoms with Crippen LogP contribution in [-0.4, -0.2) is 54.9 Å². The Morgan fingerprint density at radius 2 is 0.639 bits per heavy atom. The Balaban J connectivity index is 1.27. The van der Waals surface area contributed by atoms with Crippen LogP contribution < -0.4 is 11.0 Å². The number of fused-ring (bicyclic) bond motifs is 18. The summed E-state index contributed by atoms with van der Waals surface area (Å²) in [4.78, 5) is 33.0. The SMILES string of the molecule is CO[Si]1(OC)n2c3c4cc5ccccc5cc4c2N=C2N=C(N=c4c5cc6ccccc6cc5c(n41)=NC1=NC(=N3)c3cc4ccccc4cc31)c1cc3ccccc3cc12. The summed E-state index contributed by atoms with van der Waals surface area (Å²) in [6, 6.07) is 50.9. The summed E-state index contributed by atoms with van der Waals surface area (Å²) in [5, 5.41) is 12.1. The zero-order valence-corrected chi connectivity index (χ0v) is 33.8. The molecule has 8 aromatic carbocycles. The molecule has 0 saturated carbocycles. The Hall–Kier alpha value is -7.70. The number of hydrogen-bond donors (Lipinski definition) is 0. The second-order valence-corrected chi connectivity index (χ2v) is 18.7. The molecule has 6 heterocycles. The van der Waals surface area contributed by atoms with Crippen LogP contribution in [0.5, 0.6) is 0 Å². The number of nitrogens with zero attached hydrogens (tertiary/aromatic N) is 8. The minimum absolute atomic E-state index is 0.548. The topological polar surface area (TPSA) is 102 Å². The number of rotatable bonds is 2. The van der Waals surface area contributed by atoms with Crippen molar-refractivity contribution in [3.63, 3.8) is 0 Å². The lowest BCUT2D eigenvalue weighted by molar-refractivity contribution is 0.217. The van der Waals surface area contributed by atoms with Gasteiger partial charge < -0.3 is 8.85 Å². The first-order valence-electron chi connectivity index (χ1n) is 20.2. The average Bonchev–Trinajstić information content (AvgIpc) is 3.99. The second kappa shape index (κ2) is 11.7. The number of hydrogen-bond acceptors (Lipinski definition) is 8. The summed E-state index contributed by atoms with van der Waals surface area (Å²) in [5.41, 5.74) is 4.79. The van der Waals surface area contributed by atoms with Crippen LogP contribution >= 0.6 is 0 Å². The van der Waals surface area contributed by atoms with Gasteiger partial charge in [0.25, 0.3) is 0 Å². The van der Waals surface area contributed by atoms with E-state index < -0.39 is 8.88 Å². The van der Waals surface area contributed by atoms with Crippen LogP contribution in [0.2, 0.25) is 0 Å². The molecule has 11 heteroatoms. The standard InChI is InChI=1S/C50H30N8O2Si/c1-59-61(60-2)57-47-39-23-31-15-7-8-16-32(31)24-40(39)49(57)55-45-37-21-29-13-5-6-14-30(29)22-38(37)46(52-45)56-50-42-26-34-18-10-9-17-33(34)25-41(42)48(58(50)61)54-44-36-20-28-12-4-3-11-27(28)19-35(36)43(51-44)53-47/h3-26H,1-2H3. The number of benzene rings is 8. The Labute approximate surface area is 347 Å². The van der Waals surface area contributed by atoms with Crippen molar-refractivity contribution in [2.75, 3.05) is 14.2 Å². The molecule has 2 aromatic heterocycles. The molecule has 286 valence electrons. The third-order valence-corrected chi connectivity index (χ3v) is 15.7. The van der Waals surface area contributed by atoms with E-state index in [2.05, 4.69) is 154 Å².